The summed E-state index contributed by atoms with van der Waals surface area (Å²) >= 11 is 0. The van der Waals surface area contributed by atoms with Crippen molar-refractivity contribution in [2.75, 3.05) is 0 Å². The highest BCUT2D eigenvalue weighted by molar-refractivity contribution is 5.84. The van der Waals surface area contributed by atoms with E-state index in [2.05, 4.69) is 12.2 Å². The van der Waals surface area contributed by atoms with Crippen molar-refractivity contribution in [1.29, 1.82) is 0 Å². The van der Waals surface area contributed by atoms with Crippen molar-refractivity contribution >= 4 is 5.91 Å². The Bertz CT molecular complexity index is 364. The number of primary amides is 1. The zero-order valence-corrected chi connectivity index (χ0v) is 11.4. The average molecular weight is 248 g/mol. The lowest BCUT2D eigenvalue weighted by atomic mass is 9.88. The molecule has 0 aliphatic carbocycles. The molecule has 0 fully saturated rings. The molecule has 3 N–H and O–H groups in total. The lowest BCUT2D eigenvalue weighted by Crippen LogP contribution is -2.54. The summed E-state index contributed by atoms with van der Waals surface area (Å²) in [5, 5.41) is 3.36. The Kier molecular flexibility index (Phi) is 5.86. The van der Waals surface area contributed by atoms with Crippen molar-refractivity contribution in [3.05, 3.63) is 35.9 Å². The van der Waals surface area contributed by atoms with Crippen molar-refractivity contribution in [1.82, 2.24) is 5.32 Å². The van der Waals surface area contributed by atoms with Crippen LogP contribution in [0, 0.1) is 0 Å². The Balaban J connectivity index is 2.69. The quantitative estimate of drug-likeness (QED) is 0.743. The molecule has 1 aromatic rings. The van der Waals surface area contributed by atoms with Gasteiger partial charge in [-0.1, -0.05) is 57.0 Å². The number of rotatable bonds is 8. The topological polar surface area (TPSA) is 55.1 Å². The van der Waals surface area contributed by atoms with Gasteiger partial charge in [0, 0.05) is 6.54 Å². The standard InChI is InChI=1S/C15H24N2O/c1-3-5-11-15(4-2,14(16)18)17-12-13-9-7-6-8-10-13/h6-10,17H,3-5,11-12H2,1-2H3,(H2,16,18). The Hall–Kier alpha value is -1.35. The predicted octanol–water partition coefficient (Wildman–Crippen LogP) is 2.60. The van der Waals surface area contributed by atoms with E-state index in [0.29, 0.717) is 6.54 Å². The highest BCUT2D eigenvalue weighted by atomic mass is 16.1. The Morgan fingerprint density at radius 2 is 1.94 bits per heavy atom. The number of unbranched alkanes of at least 4 members (excludes halogenated alkanes) is 1. The molecule has 0 aliphatic heterocycles. The SMILES string of the molecule is CCCCC(CC)(NCc1ccccc1)C(N)=O. The van der Waals surface area contributed by atoms with Crippen LogP contribution in [0.15, 0.2) is 30.3 Å². The summed E-state index contributed by atoms with van der Waals surface area (Å²) in [4.78, 5) is 11.7. The van der Waals surface area contributed by atoms with Crippen LogP contribution in [0.25, 0.3) is 0 Å². The summed E-state index contributed by atoms with van der Waals surface area (Å²) in [6.45, 7) is 4.82. The second kappa shape index (κ2) is 7.17. The van der Waals surface area contributed by atoms with Crippen molar-refractivity contribution in [2.24, 2.45) is 5.73 Å². The van der Waals surface area contributed by atoms with Crippen LogP contribution in [0.3, 0.4) is 0 Å². The van der Waals surface area contributed by atoms with Crippen molar-refractivity contribution in [2.45, 2.75) is 51.6 Å². The number of nitrogens with one attached hydrogen (secondary N) is 1. The highest BCUT2D eigenvalue weighted by Gasteiger charge is 2.33. The first-order valence-electron chi connectivity index (χ1n) is 6.73. The van der Waals surface area contributed by atoms with Crippen molar-refractivity contribution in [3.8, 4) is 0 Å². The minimum Gasteiger partial charge on any atom is -0.368 e. The molecular formula is C15H24N2O. The molecule has 1 rings (SSSR count). The van der Waals surface area contributed by atoms with Gasteiger partial charge in [-0.15, -0.1) is 0 Å². The molecule has 1 aromatic carbocycles. The van der Waals surface area contributed by atoms with E-state index in [-0.39, 0.29) is 5.91 Å². The molecule has 0 spiro atoms. The van der Waals surface area contributed by atoms with Gasteiger partial charge in [0.25, 0.3) is 0 Å². The third-order valence-corrected chi connectivity index (χ3v) is 3.51. The summed E-state index contributed by atoms with van der Waals surface area (Å²) in [5.74, 6) is -0.241. The average Bonchev–Trinajstić information content (AvgIpc) is 2.40. The van der Waals surface area contributed by atoms with Gasteiger partial charge in [0.05, 0.1) is 5.54 Å². The van der Waals surface area contributed by atoms with Crippen molar-refractivity contribution < 1.29 is 4.79 Å². The normalized spacial score (nSPS) is 14.1. The molecule has 0 radical (unpaired) electrons. The van der Waals surface area contributed by atoms with E-state index in [9.17, 15) is 4.79 Å². The second-order valence-electron chi connectivity index (χ2n) is 4.74. The molecule has 3 nitrogen and oxygen atoms in total. The summed E-state index contributed by atoms with van der Waals surface area (Å²) in [5.41, 5.74) is 6.20. The maximum atomic E-state index is 11.7. The number of benzene rings is 1. The maximum Gasteiger partial charge on any atom is 0.237 e. The third kappa shape index (κ3) is 3.84. The maximum absolute atomic E-state index is 11.7. The van der Waals surface area contributed by atoms with Crippen LogP contribution in [0.5, 0.6) is 0 Å². The second-order valence-corrected chi connectivity index (χ2v) is 4.74. The number of amides is 1. The largest absolute Gasteiger partial charge is 0.368 e. The third-order valence-electron chi connectivity index (χ3n) is 3.51. The first-order chi connectivity index (χ1) is 8.64. The lowest BCUT2D eigenvalue weighted by Gasteiger charge is -2.31. The number of carbonyl (C=O) groups is 1. The molecule has 0 bridgehead atoms. The molecule has 0 aromatic heterocycles. The fraction of sp³-hybridized carbons (Fsp3) is 0.533. The molecule has 0 saturated heterocycles. The van der Waals surface area contributed by atoms with Crippen LogP contribution < -0.4 is 11.1 Å². The molecule has 0 heterocycles. The van der Waals surface area contributed by atoms with Crippen molar-refractivity contribution in [3.63, 3.8) is 0 Å². The minimum absolute atomic E-state index is 0.241. The summed E-state index contributed by atoms with van der Waals surface area (Å²) in [6.07, 6.45) is 3.62. The summed E-state index contributed by atoms with van der Waals surface area (Å²) in [6, 6.07) is 10.1. The van der Waals surface area contributed by atoms with Crippen LogP contribution in [0.4, 0.5) is 0 Å². The fourth-order valence-corrected chi connectivity index (χ4v) is 2.12. The monoisotopic (exact) mass is 248 g/mol. The van der Waals surface area contributed by atoms with Crippen LogP contribution in [0.1, 0.15) is 45.1 Å². The first kappa shape index (κ1) is 14.7. The number of hydrogen-bond acceptors (Lipinski definition) is 2. The number of nitrogens with two attached hydrogens (primary N) is 1. The van der Waals surface area contributed by atoms with Gasteiger partial charge in [0.1, 0.15) is 0 Å². The van der Waals surface area contributed by atoms with E-state index in [1.54, 1.807) is 0 Å². The van der Waals surface area contributed by atoms with Gasteiger partial charge in [-0.25, -0.2) is 0 Å². The van der Waals surface area contributed by atoms with E-state index >= 15 is 0 Å². The lowest BCUT2D eigenvalue weighted by molar-refractivity contribution is -0.125. The van der Waals surface area contributed by atoms with Crippen LogP contribution >= 0.6 is 0 Å². The molecule has 18 heavy (non-hydrogen) atoms. The van der Waals surface area contributed by atoms with Crippen LogP contribution in [-0.2, 0) is 11.3 Å². The minimum atomic E-state index is -0.564. The number of carbonyl (C=O) groups excluding carboxylic acids is 1. The predicted molar refractivity (Wildman–Crippen MR) is 75.0 cm³/mol. The molecule has 1 atom stereocenters. The zero-order chi connectivity index (χ0) is 13.4. The fourth-order valence-electron chi connectivity index (χ4n) is 2.12. The van der Waals surface area contributed by atoms with Gasteiger partial charge in [0.15, 0.2) is 0 Å². The molecule has 100 valence electrons. The van der Waals surface area contributed by atoms with Crippen LogP contribution in [0.2, 0.25) is 0 Å². The molecule has 1 amide bonds. The highest BCUT2D eigenvalue weighted by Crippen LogP contribution is 2.19. The van der Waals surface area contributed by atoms with Gasteiger partial charge in [-0.3, -0.25) is 10.1 Å². The van der Waals surface area contributed by atoms with E-state index < -0.39 is 5.54 Å². The van der Waals surface area contributed by atoms with Gasteiger partial charge >= 0.3 is 0 Å². The molecule has 0 aliphatic rings. The van der Waals surface area contributed by atoms with E-state index in [1.165, 1.54) is 5.56 Å². The smallest absolute Gasteiger partial charge is 0.237 e. The van der Waals surface area contributed by atoms with E-state index in [4.69, 9.17) is 5.73 Å². The van der Waals surface area contributed by atoms with E-state index in [1.807, 2.05) is 37.3 Å². The molecule has 1 unspecified atom stereocenters. The van der Waals surface area contributed by atoms with Gasteiger partial charge in [-0.05, 0) is 18.4 Å². The van der Waals surface area contributed by atoms with Gasteiger partial charge in [-0.2, -0.15) is 0 Å². The van der Waals surface area contributed by atoms with Gasteiger partial charge < -0.3 is 5.73 Å². The molecule has 3 heteroatoms. The first-order valence-corrected chi connectivity index (χ1v) is 6.73. The van der Waals surface area contributed by atoms with E-state index in [0.717, 1.165) is 25.7 Å². The van der Waals surface area contributed by atoms with Crippen LogP contribution in [-0.4, -0.2) is 11.4 Å². The summed E-state index contributed by atoms with van der Waals surface area (Å²) < 4.78 is 0. The Morgan fingerprint density at radius 3 is 2.44 bits per heavy atom. The summed E-state index contributed by atoms with van der Waals surface area (Å²) in [7, 11) is 0. The number of hydrogen-bond donors (Lipinski definition) is 2. The Labute approximate surface area is 110 Å². The molecule has 0 saturated carbocycles. The molecular weight excluding hydrogens is 224 g/mol. The zero-order valence-electron chi connectivity index (χ0n) is 11.4. The van der Waals surface area contributed by atoms with Gasteiger partial charge in [0.2, 0.25) is 5.91 Å². The Morgan fingerprint density at radius 1 is 1.28 bits per heavy atom.